The molecule has 0 bridgehead atoms. The Morgan fingerprint density at radius 3 is 2.40 bits per heavy atom. The monoisotopic (exact) mass is 529 g/mol. The second-order valence-electron chi connectivity index (χ2n) is 7.96. The molecule has 3 rings (SSSR count). The Hall–Kier alpha value is -1.55. The number of nitrogens with one attached hydrogen (secondary N) is 3. The molecule has 1 aliphatic carbocycles. The molecule has 1 saturated carbocycles. The lowest BCUT2D eigenvalue weighted by Crippen LogP contribution is -2.50. The van der Waals surface area contributed by atoms with Gasteiger partial charge in [0, 0.05) is 43.8 Å². The van der Waals surface area contributed by atoms with Gasteiger partial charge in [-0.2, -0.15) is 0 Å². The van der Waals surface area contributed by atoms with Gasteiger partial charge in [0.15, 0.2) is 5.96 Å². The van der Waals surface area contributed by atoms with E-state index in [0.29, 0.717) is 24.7 Å². The number of likely N-dealkylation sites (tertiary alicyclic amines) is 1. The summed E-state index contributed by atoms with van der Waals surface area (Å²) in [5.41, 5.74) is 0.533. The lowest BCUT2D eigenvalue weighted by Gasteiger charge is -2.36. The molecule has 0 unspecified atom stereocenters. The predicted octanol–water partition coefficient (Wildman–Crippen LogP) is 2.70. The van der Waals surface area contributed by atoms with E-state index in [1.165, 1.54) is 50.9 Å². The number of hydrogen-bond acceptors (Lipinski definition) is 4. The number of carbonyl (C=O) groups excluding carboxylic acids is 1. The van der Waals surface area contributed by atoms with E-state index in [1.807, 2.05) is 0 Å². The van der Waals surface area contributed by atoms with Crippen LogP contribution in [0.25, 0.3) is 0 Å². The van der Waals surface area contributed by atoms with Gasteiger partial charge < -0.3 is 26.0 Å². The van der Waals surface area contributed by atoms with E-state index in [1.54, 1.807) is 12.1 Å². The number of amides is 1. The SMILES string of the molecule is CCNC(=NCCNC(=O)c1ccc(O)cc1)NC1CCN(C2CCCC2)CC1.I. The number of guanidine groups is 1. The number of aliphatic imine (C=N–C) groups is 1. The van der Waals surface area contributed by atoms with Crippen LogP contribution in [0.5, 0.6) is 5.75 Å². The highest BCUT2D eigenvalue weighted by molar-refractivity contribution is 14.0. The number of phenols is 1. The molecule has 0 radical (unpaired) electrons. The molecule has 1 aromatic carbocycles. The molecular formula is C22H36IN5O2. The second-order valence-corrected chi connectivity index (χ2v) is 7.96. The molecule has 30 heavy (non-hydrogen) atoms. The minimum absolute atomic E-state index is 0. The smallest absolute Gasteiger partial charge is 0.251 e. The van der Waals surface area contributed by atoms with Crippen LogP contribution >= 0.6 is 24.0 Å². The molecule has 1 aromatic rings. The van der Waals surface area contributed by atoms with Crippen LogP contribution < -0.4 is 16.0 Å². The molecule has 8 heteroatoms. The van der Waals surface area contributed by atoms with Crippen molar-refractivity contribution in [3.05, 3.63) is 29.8 Å². The Kier molecular flexibility index (Phi) is 10.7. The quantitative estimate of drug-likeness (QED) is 0.189. The molecule has 168 valence electrons. The Morgan fingerprint density at radius 2 is 1.77 bits per heavy atom. The highest BCUT2D eigenvalue weighted by Gasteiger charge is 2.27. The van der Waals surface area contributed by atoms with Crippen molar-refractivity contribution in [3.8, 4) is 5.75 Å². The van der Waals surface area contributed by atoms with Crippen LogP contribution in [0, 0.1) is 0 Å². The number of carbonyl (C=O) groups is 1. The molecular weight excluding hydrogens is 493 g/mol. The fourth-order valence-electron chi connectivity index (χ4n) is 4.24. The molecule has 1 saturated heterocycles. The fraction of sp³-hybridized carbons (Fsp3) is 0.636. The van der Waals surface area contributed by atoms with Crippen LogP contribution in [-0.4, -0.2) is 66.7 Å². The molecule has 0 spiro atoms. The number of rotatable bonds is 7. The Balaban J connectivity index is 0.00000320. The average molecular weight is 529 g/mol. The first kappa shape index (κ1) is 24.7. The van der Waals surface area contributed by atoms with Gasteiger partial charge in [0.1, 0.15) is 5.75 Å². The van der Waals surface area contributed by atoms with Gasteiger partial charge in [-0.25, -0.2) is 0 Å². The van der Waals surface area contributed by atoms with Crippen molar-refractivity contribution in [1.29, 1.82) is 0 Å². The predicted molar refractivity (Wildman–Crippen MR) is 132 cm³/mol. The Morgan fingerprint density at radius 1 is 1.10 bits per heavy atom. The average Bonchev–Trinajstić information content (AvgIpc) is 3.27. The van der Waals surface area contributed by atoms with E-state index in [-0.39, 0.29) is 35.6 Å². The summed E-state index contributed by atoms with van der Waals surface area (Å²) in [7, 11) is 0. The zero-order chi connectivity index (χ0) is 20.5. The van der Waals surface area contributed by atoms with Gasteiger partial charge in [0.2, 0.25) is 0 Å². The van der Waals surface area contributed by atoms with E-state index in [2.05, 4.69) is 32.8 Å². The van der Waals surface area contributed by atoms with Crippen molar-refractivity contribution >= 4 is 35.8 Å². The zero-order valence-electron chi connectivity index (χ0n) is 17.9. The van der Waals surface area contributed by atoms with Crippen LogP contribution in [0.1, 0.15) is 55.8 Å². The third-order valence-corrected chi connectivity index (χ3v) is 5.85. The molecule has 0 atom stereocenters. The summed E-state index contributed by atoms with van der Waals surface area (Å²) in [5.74, 6) is 0.824. The number of hydrogen-bond donors (Lipinski definition) is 4. The first-order chi connectivity index (χ1) is 14.2. The van der Waals surface area contributed by atoms with Gasteiger partial charge in [0.05, 0.1) is 6.54 Å². The molecule has 4 N–H and O–H groups in total. The van der Waals surface area contributed by atoms with Crippen molar-refractivity contribution in [2.24, 2.45) is 4.99 Å². The highest BCUT2D eigenvalue weighted by atomic mass is 127. The van der Waals surface area contributed by atoms with Crippen LogP contribution in [0.3, 0.4) is 0 Å². The van der Waals surface area contributed by atoms with E-state index < -0.39 is 0 Å². The van der Waals surface area contributed by atoms with Gasteiger partial charge in [-0.05, 0) is 56.9 Å². The van der Waals surface area contributed by atoms with Gasteiger partial charge in [-0.3, -0.25) is 9.79 Å². The number of aromatic hydroxyl groups is 1. The van der Waals surface area contributed by atoms with Crippen LogP contribution in [0.2, 0.25) is 0 Å². The molecule has 1 amide bonds. The third kappa shape index (κ3) is 7.61. The fourth-order valence-corrected chi connectivity index (χ4v) is 4.24. The molecule has 0 aromatic heterocycles. The zero-order valence-corrected chi connectivity index (χ0v) is 20.2. The van der Waals surface area contributed by atoms with Crippen molar-refractivity contribution < 1.29 is 9.90 Å². The third-order valence-electron chi connectivity index (χ3n) is 5.85. The topological polar surface area (TPSA) is 89.0 Å². The maximum atomic E-state index is 12.1. The lowest BCUT2D eigenvalue weighted by atomic mass is 10.0. The van der Waals surface area contributed by atoms with Crippen LogP contribution in [0.15, 0.2) is 29.3 Å². The summed E-state index contributed by atoms with van der Waals surface area (Å²) in [6.07, 6.45) is 7.83. The van der Waals surface area contributed by atoms with E-state index in [4.69, 9.17) is 0 Å². The van der Waals surface area contributed by atoms with Crippen molar-refractivity contribution in [1.82, 2.24) is 20.9 Å². The Labute approximate surface area is 197 Å². The summed E-state index contributed by atoms with van der Waals surface area (Å²) in [6, 6.07) is 7.51. The number of benzene rings is 1. The minimum Gasteiger partial charge on any atom is -0.508 e. The summed E-state index contributed by atoms with van der Waals surface area (Å²) in [5, 5.41) is 19.0. The van der Waals surface area contributed by atoms with Crippen LogP contribution in [0.4, 0.5) is 0 Å². The van der Waals surface area contributed by atoms with E-state index in [0.717, 1.165) is 31.4 Å². The first-order valence-electron chi connectivity index (χ1n) is 11.0. The molecule has 2 aliphatic rings. The summed E-state index contributed by atoms with van der Waals surface area (Å²) in [6.45, 7) is 6.20. The maximum absolute atomic E-state index is 12.1. The summed E-state index contributed by atoms with van der Waals surface area (Å²) >= 11 is 0. The molecule has 7 nitrogen and oxygen atoms in total. The Bertz CT molecular complexity index is 669. The number of halogens is 1. The van der Waals surface area contributed by atoms with Gasteiger partial charge in [-0.1, -0.05) is 12.8 Å². The number of nitrogens with zero attached hydrogens (tertiary/aromatic N) is 2. The lowest BCUT2D eigenvalue weighted by molar-refractivity contribution is 0.0955. The normalized spacial score (nSPS) is 18.6. The van der Waals surface area contributed by atoms with Crippen LogP contribution in [-0.2, 0) is 0 Å². The molecule has 1 heterocycles. The summed E-state index contributed by atoms with van der Waals surface area (Å²) < 4.78 is 0. The van der Waals surface area contributed by atoms with Crippen molar-refractivity contribution in [3.63, 3.8) is 0 Å². The maximum Gasteiger partial charge on any atom is 0.251 e. The second kappa shape index (κ2) is 13.0. The van der Waals surface area contributed by atoms with Gasteiger partial charge in [0.25, 0.3) is 5.91 Å². The minimum atomic E-state index is -0.155. The van der Waals surface area contributed by atoms with Crippen molar-refractivity contribution in [2.45, 2.75) is 57.5 Å². The summed E-state index contributed by atoms with van der Waals surface area (Å²) in [4.78, 5) is 19.4. The van der Waals surface area contributed by atoms with Gasteiger partial charge in [-0.15, -0.1) is 24.0 Å². The largest absolute Gasteiger partial charge is 0.508 e. The van der Waals surface area contributed by atoms with E-state index in [9.17, 15) is 9.90 Å². The standard InChI is InChI=1S/C22H35N5O2.HI/c1-2-23-22(25-14-13-24-21(29)17-7-9-20(28)10-8-17)26-18-11-15-27(16-12-18)19-5-3-4-6-19;/h7-10,18-19,28H,2-6,11-16H2,1H3,(H,24,29)(H2,23,25,26);1H. The first-order valence-corrected chi connectivity index (χ1v) is 11.0. The number of piperidine rings is 1. The highest BCUT2D eigenvalue weighted by Crippen LogP contribution is 2.26. The molecule has 2 fully saturated rings. The molecule has 1 aliphatic heterocycles. The van der Waals surface area contributed by atoms with Gasteiger partial charge >= 0.3 is 0 Å². The van der Waals surface area contributed by atoms with E-state index >= 15 is 0 Å². The number of phenolic OH excluding ortho intramolecular Hbond substituents is 1. The van der Waals surface area contributed by atoms with Crippen molar-refractivity contribution in [2.75, 3.05) is 32.7 Å².